The van der Waals surface area contributed by atoms with Crippen LogP contribution < -0.4 is 0 Å². The highest BCUT2D eigenvalue weighted by Crippen LogP contribution is 2.07. The molecule has 1 fully saturated rings. The molecule has 0 aromatic heterocycles. The topological polar surface area (TPSA) is 49.8 Å². The standard InChI is InChI=1S/C11H21NO3/c1-2-3-4-5-6-15-9-11(14)12-7-10(13)8-12/h10,13H,2-9H2,1H3. The fourth-order valence-corrected chi connectivity index (χ4v) is 1.54. The Bertz CT molecular complexity index is 190. The molecule has 0 aromatic rings. The van der Waals surface area contributed by atoms with Crippen LogP contribution in [0.4, 0.5) is 0 Å². The van der Waals surface area contributed by atoms with Gasteiger partial charge in [0, 0.05) is 19.7 Å². The Morgan fingerprint density at radius 2 is 2.13 bits per heavy atom. The molecule has 0 bridgehead atoms. The van der Waals surface area contributed by atoms with E-state index in [1.54, 1.807) is 4.90 Å². The minimum absolute atomic E-state index is 0.00390. The molecule has 1 aliphatic rings. The van der Waals surface area contributed by atoms with Crippen LogP contribution in [0.3, 0.4) is 0 Å². The zero-order valence-corrected chi connectivity index (χ0v) is 9.45. The molecule has 0 saturated carbocycles. The highest BCUT2D eigenvalue weighted by Gasteiger charge is 2.28. The molecule has 1 N–H and O–H groups in total. The van der Waals surface area contributed by atoms with E-state index >= 15 is 0 Å². The molecule has 1 aliphatic heterocycles. The summed E-state index contributed by atoms with van der Waals surface area (Å²) in [4.78, 5) is 13.0. The lowest BCUT2D eigenvalue weighted by atomic mass is 10.2. The third-order valence-corrected chi connectivity index (χ3v) is 2.58. The van der Waals surface area contributed by atoms with E-state index < -0.39 is 0 Å². The van der Waals surface area contributed by atoms with Crippen molar-refractivity contribution < 1.29 is 14.6 Å². The number of amides is 1. The first kappa shape index (κ1) is 12.5. The van der Waals surface area contributed by atoms with Gasteiger partial charge in [-0.2, -0.15) is 0 Å². The van der Waals surface area contributed by atoms with Gasteiger partial charge in [-0.15, -0.1) is 0 Å². The van der Waals surface area contributed by atoms with E-state index in [1.807, 2.05) is 0 Å². The fourth-order valence-electron chi connectivity index (χ4n) is 1.54. The number of aliphatic hydroxyl groups is 1. The highest BCUT2D eigenvalue weighted by molar-refractivity contribution is 5.78. The minimum Gasteiger partial charge on any atom is -0.389 e. The third kappa shape index (κ3) is 4.62. The number of ether oxygens (including phenoxy) is 1. The predicted molar refractivity (Wildman–Crippen MR) is 57.5 cm³/mol. The molecule has 15 heavy (non-hydrogen) atoms. The molecule has 88 valence electrons. The summed E-state index contributed by atoms with van der Waals surface area (Å²) in [6.07, 6.45) is 4.33. The van der Waals surface area contributed by atoms with Crippen LogP contribution in [0.5, 0.6) is 0 Å². The number of unbranched alkanes of at least 4 members (excludes halogenated alkanes) is 3. The molecule has 0 aromatic carbocycles. The summed E-state index contributed by atoms with van der Waals surface area (Å²) in [6, 6.07) is 0. The van der Waals surface area contributed by atoms with Crippen molar-refractivity contribution in [1.29, 1.82) is 0 Å². The fraction of sp³-hybridized carbons (Fsp3) is 0.909. The Labute approximate surface area is 91.2 Å². The number of β-amino-alcohol motifs (C(OH)–C–C–N with tert-alkyl or cyclic N) is 1. The summed E-state index contributed by atoms with van der Waals surface area (Å²) in [5.74, 6) is -0.00390. The number of hydrogen-bond donors (Lipinski definition) is 1. The molecule has 0 spiro atoms. The first-order valence-electron chi connectivity index (χ1n) is 5.77. The Balaban J connectivity index is 1.89. The monoisotopic (exact) mass is 215 g/mol. The van der Waals surface area contributed by atoms with E-state index in [2.05, 4.69) is 6.92 Å². The Hall–Kier alpha value is -0.610. The van der Waals surface area contributed by atoms with Gasteiger partial charge < -0.3 is 14.7 Å². The first-order valence-corrected chi connectivity index (χ1v) is 5.77. The molecular formula is C11H21NO3. The lowest BCUT2D eigenvalue weighted by Gasteiger charge is -2.35. The van der Waals surface area contributed by atoms with Crippen LogP contribution in [0.1, 0.15) is 32.6 Å². The van der Waals surface area contributed by atoms with Crippen LogP contribution in [-0.4, -0.2) is 48.3 Å². The third-order valence-electron chi connectivity index (χ3n) is 2.58. The van der Waals surface area contributed by atoms with Crippen molar-refractivity contribution in [3.8, 4) is 0 Å². The van der Waals surface area contributed by atoms with Crippen LogP contribution in [-0.2, 0) is 9.53 Å². The zero-order valence-electron chi connectivity index (χ0n) is 9.45. The zero-order chi connectivity index (χ0) is 11.1. The summed E-state index contributed by atoms with van der Waals surface area (Å²) in [5, 5.41) is 9.00. The summed E-state index contributed by atoms with van der Waals surface area (Å²) >= 11 is 0. The summed E-state index contributed by atoms with van der Waals surface area (Å²) in [7, 11) is 0. The van der Waals surface area contributed by atoms with E-state index in [-0.39, 0.29) is 18.6 Å². The number of carbonyl (C=O) groups is 1. The van der Waals surface area contributed by atoms with Crippen molar-refractivity contribution in [1.82, 2.24) is 4.90 Å². The summed E-state index contributed by atoms with van der Waals surface area (Å²) in [6.45, 7) is 3.94. The SMILES string of the molecule is CCCCCCOCC(=O)N1CC(O)C1. The maximum atomic E-state index is 11.3. The lowest BCUT2D eigenvalue weighted by Crippen LogP contribution is -2.54. The summed E-state index contributed by atoms with van der Waals surface area (Å²) < 4.78 is 5.26. The molecule has 0 atom stereocenters. The summed E-state index contributed by atoms with van der Waals surface area (Å²) in [5.41, 5.74) is 0. The molecule has 1 amide bonds. The van der Waals surface area contributed by atoms with Gasteiger partial charge in [0.1, 0.15) is 6.61 Å². The lowest BCUT2D eigenvalue weighted by molar-refractivity contribution is -0.146. The van der Waals surface area contributed by atoms with Gasteiger partial charge in [0.15, 0.2) is 0 Å². The molecule has 4 heteroatoms. The second-order valence-electron chi connectivity index (χ2n) is 4.07. The van der Waals surface area contributed by atoms with Crippen LogP contribution in [0.15, 0.2) is 0 Å². The maximum Gasteiger partial charge on any atom is 0.248 e. The van der Waals surface area contributed by atoms with E-state index in [0.717, 1.165) is 6.42 Å². The number of aliphatic hydroxyl groups excluding tert-OH is 1. The van der Waals surface area contributed by atoms with Gasteiger partial charge in [0.05, 0.1) is 6.10 Å². The number of nitrogens with zero attached hydrogens (tertiary/aromatic N) is 1. The Morgan fingerprint density at radius 3 is 2.73 bits per heavy atom. The van der Waals surface area contributed by atoms with Crippen molar-refractivity contribution >= 4 is 5.91 Å². The number of hydrogen-bond acceptors (Lipinski definition) is 3. The average Bonchev–Trinajstić information content (AvgIpc) is 2.18. The number of carbonyl (C=O) groups excluding carboxylic acids is 1. The van der Waals surface area contributed by atoms with Gasteiger partial charge in [-0.05, 0) is 6.42 Å². The molecule has 1 rings (SSSR count). The average molecular weight is 215 g/mol. The van der Waals surface area contributed by atoms with Crippen molar-refractivity contribution in [2.75, 3.05) is 26.3 Å². The van der Waals surface area contributed by atoms with E-state index in [9.17, 15) is 4.79 Å². The Kier molecular flexibility index (Phi) is 5.65. The van der Waals surface area contributed by atoms with Crippen molar-refractivity contribution in [2.24, 2.45) is 0 Å². The quantitative estimate of drug-likeness (QED) is 0.639. The normalized spacial score (nSPS) is 16.5. The molecule has 0 unspecified atom stereocenters. The van der Waals surface area contributed by atoms with Gasteiger partial charge >= 0.3 is 0 Å². The smallest absolute Gasteiger partial charge is 0.248 e. The van der Waals surface area contributed by atoms with Crippen LogP contribution in [0.25, 0.3) is 0 Å². The molecule has 4 nitrogen and oxygen atoms in total. The van der Waals surface area contributed by atoms with Crippen LogP contribution in [0.2, 0.25) is 0 Å². The van der Waals surface area contributed by atoms with Crippen LogP contribution >= 0.6 is 0 Å². The van der Waals surface area contributed by atoms with Gasteiger partial charge in [-0.3, -0.25) is 4.79 Å². The predicted octanol–water partition coefficient (Wildman–Crippen LogP) is 0.786. The highest BCUT2D eigenvalue weighted by atomic mass is 16.5. The van der Waals surface area contributed by atoms with Gasteiger partial charge in [0.25, 0.3) is 0 Å². The van der Waals surface area contributed by atoms with E-state index in [1.165, 1.54) is 19.3 Å². The largest absolute Gasteiger partial charge is 0.389 e. The van der Waals surface area contributed by atoms with E-state index in [4.69, 9.17) is 9.84 Å². The second kappa shape index (κ2) is 6.80. The molecule has 0 radical (unpaired) electrons. The molecule has 1 heterocycles. The maximum absolute atomic E-state index is 11.3. The van der Waals surface area contributed by atoms with Crippen molar-refractivity contribution in [3.05, 3.63) is 0 Å². The van der Waals surface area contributed by atoms with E-state index in [0.29, 0.717) is 19.7 Å². The Morgan fingerprint density at radius 1 is 1.40 bits per heavy atom. The minimum atomic E-state index is -0.321. The van der Waals surface area contributed by atoms with Crippen LogP contribution in [0, 0.1) is 0 Å². The van der Waals surface area contributed by atoms with Gasteiger partial charge in [-0.1, -0.05) is 26.2 Å². The van der Waals surface area contributed by atoms with Crippen molar-refractivity contribution in [2.45, 2.75) is 38.7 Å². The molecule has 1 saturated heterocycles. The molecule has 0 aliphatic carbocycles. The van der Waals surface area contributed by atoms with Gasteiger partial charge in [-0.25, -0.2) is 0 Å². The van der Waals surface area contributed by atoms with Crippen molar-refractivity contribution in [3.63, 3.8) is 0 Å². The number of likely N-dealkylation sites (tertiary alicyclic amines) is 1. The second-order valence-corrected chi connectivity index (χ2v) is 4.07. The van der Waals surface area contributed by atoms with Gasteiger partial charge in [0.2, 0.25) is 5.91 Å². The first-order chi connectivity index (χ1) is 7.24. The number of rotatable bonds is 7. The molecular weight excluding hydrogens is 194 g/mol.